The maximum atomic E-state index is 9.75. The molecule has 5 nitrogen and oxygen atoms in total. The Labute approximate surface area is 141 Å². The Morgan fingerprint density at radius 1 is 0.917 bits per heavy atom. The van der Waals surface area contributed by atoms with Crippen molar-refractivity contribution >= 4 is 5.82 Å². The minimum Gasteiger partial charge on any atom is -0.393 e. The van der Waals surface area contributed by atoms with Crippen molar-refractivity contribution in [3.63, 3.8) is 0 Å². The lowest BCUT2D eigenvalue weighted by molar-refractivity contribution is 0.145. The van der Waals surface area contributed by atoms with Gasteiger partial charge in [0.05, 0.1) is 11.8 Å². The molecule has 0 amide bonds. The predicted octanol–water partition coefficient (Wildman–Crippen LogP) is 2.90. The maximum Gasteiger partial charge on any atom is 0.236 e. The van der Waals surface area contributed by atoms with Crippen molar-refractivity contribution in [2.75, 3.05) is 18.0 Å². The molecule has 1 aliphatic rings. The average molecular weight is 320 g/mol. The van der Waals surface area contributed by atoms with Crippen LogP contribution in [0, 0.1) is 0 Å². The molecule has 24 heavy (non-hydrogen) atoms. The van der Waals surface area contributed by atoms with E-state index in [0.29, 0.717) is 5.95 Å². The van der Waals surface area contributed by atoms with Crippen LogP contribution >= 0.6 is 0 Å². The third kappa shape index (κ3) is 3.03. The third-order valence-corrected chi connectivity index (χ3v) is 4.39. The monoisotopic (exact) mass is 320 g/mol. The molecule has 122 valence electrons. The van der Waals surface area contributed by atoms with E-state index in [0.717, 1.165) is 43.0 Å². The number of aliphatic hydroxyl groups excluding tert-OH is 1. The van der Waals surface area contributed by atoms with Crippen LogP contribution in [0.2, 0.25) is 0 Å². The number of aliphatic hydroxyl groups is 1. The summed E-state index contributed by atoms with van der Waals surface area (Å²) in [6, 6.07) is 16.1. The van der Waals surface area contributed by atoms with Gasteiger partial charge in [-0.25, -0.2) is 4.98 Å². The van der Waals surface area contributed by atoms with Crippen LogP contribution in [0.5, 0.6) is 0 Å². The molecule has 0 unspecified atom stereocenters. The zero-order valence-corrected chi connectivity index (χ0v) is 13.4. The number of aromatic nitrogens is 3. The zero-order chi connectivity index (χ0) is 16.4. The topological polar surface area (TPSA) is 54.2 Å². The Bertz CT molecular complexity index is 793. The fraction of sp³-hybridized carbons (Fsp3) is 0.263. The molecular weight excluding hydrogens is 300 g/mol. The average Bonchev–Trinajstić information content (AvgIpc) is 3.17. The van der Waals surface area contributed by atoms with E-state index in [9.17, 15) is 5.11 Å². The first-order valence-corrected chi connectivity index (χ1v) is 8.30. The standard InChI is InChI=1S/C19H20N4O/c24-16-8-12-22(13-9-16)18-14-17(15-6-2-1-3-7-15)20-19(21-18)23-10-4-5-11-23/h1-7,10-11,14,16,24H,8-9,12-13H2. The lowest BCUT2D eigenvalue weighted by Crippen LogP contribution is -2.36. The molecule has 0 atom stereocenters. The van der Waals surface area contributed by atoms with E-state index in [4.69, 9.17) is 9.97 Å². The fourth-order valence-corrected chi connectivity index (χ4v) is 3.02. The summed E-state index contributed by atoms with van der Waals surface area (Å²) in [5, 5.41) is 9.75. The summed E-state index contributed by atoms with van der Waals surface area (Å²) in [4.78, 5) is 11.7. The van der Waals surface area contributed by atoms with Crippen molar-refractivity contribution in [3.8, 4) is 17.2 Å². The smallest absolute Gasteiger partial charge is 0.236 e. The van der Waals surface area contributed by atoms with Gasteiger partial charge in [-0.2, -0.15) is 4.98 Å². The Balaban J connectivity index is 1.77. The zero-order valence-electron chi connectivity index (χ0n) is 13.4. The van der Waals surface area contributed by atoms with Gasteiger partial charge in [0.25, 0.3) is 0 Å². The van der Waals surface area contributed by atoms with E-state index >= 15 is 0 Å². The molecule has 0 radical (unpaired) electrons. The van der Waals surface area contributed by atoms with E-state index < -0.39 is 0 Å². The summed E-state index contributed by atoms with van der Waals surface area (Å²) in [6.07, 6.45) is 5.27. The molecule has 1 fully saturated rings. The highest BCUT2D eigenvalue weighted by atomic mass is 16.3. The molecule has 4 rings (SSSR count). The van der Waals surface area contributed by atoms with Crippen LogP contribution in [0.1, 0.15) is 12.8 Å². The van der Waals surface area contributed by atoms with E-state index in [2.05, 4.69) is 17.0 Å². The molecule has 0 saturated carbocycles. The van der Waals surface area contributed by atoms with Crippen molar-refractivity contribution in [2.45, 2.75) is 18.9 Å². The van der Waals surface area contributed by atoms with Gasteiger partial charge >= 0.3 is 0 Å². The lowest BCUT2D eigenvalue weighted by Gasteiger charge is -2.30. The molecule has 1 aliphatic heterocycles. The molecule has 3 heterocycles. The van der Waals surface area contributed by atoms with Crippen LogP contribution in [0.4, 0.5) is 5.82 Å². The van der Waals surface area contributed by atoms with E-state index in [1.165, 1.54) is 0 Å². The largest absolute Gasteiger partial charge is 0.393 e. The number of rotatable bonds is 3. The molecule has 0 spiro atoms. The highest BCUT2D eigenvalue weighted by Crippen LogP contribution is 2.25. The summed E-state index contributed by atoms with van der Waals surface area (Å²) in [7, 11) is 0. The summed E-state index contributed by atoms with van der Waals surface area (Å²) in [5.74, 6) is 1.59. The van der Waals surface area contributed by atoms with E-state index in [-0.39, 0.29) is 6.10 Å². The fourth-order valence-electron chi connectivity index (χ4n) is 3.02. The van der Waals surface area contributed by atoms with Crippen LogP contribution < -0.4 is 4.90 Å². The van der Waals surface area contributed by atoms with Gasteiger partial charge in [-0.05, 0) is 25.0 Å². The number of benzene rings is 1. The molecule has 0 aliphatic carbocycles. The number of anilines is 1. The number of hydrogen-bond donors (Lipinski definition) is 1. The van der Waals surface area contributed by atoms with Gasteiger partial charge in [-0.3, -0.25) is 4.57 Å². The van der Waals surface area contributed by atoms with Gasteiger partial charge in [-0.15, -0.1) is 0 Å². The molecule has 1 saturated heterocycles. The summed E-state index contributed by atoms with van der Waals surface area (Å²) < 4.78 is 1.93. The summed E-state index contributed by atoms with van der Waals surface area (Å²) in [6.45, 7) is 1.63. The first kappa shape index (κ1) is 14.9. The second-order valence-electron chi connectivity index (χ2n) is 6.09. The van der Waals surface area contributed by atoms with Crippen LogP contribution in [0.15, 0.2) is 60.9 Å². The Kier molecular flexibility index (Phi) is 4.01. The van der Waals surface area contributed by atoms with Crippen molar-refractivity contribution in [3.05, 3.63) is 60.9 Å². The van der Waals surface area contributed by atoms with E-state index in [1.54, 1.807) is 0 Å². The third-order valence-electron chi connectivity index (χ3n) is 4.39. The molecule has 1 aromatic carbocycles. The highest BCUT2D eigenvalue weighted by molar-refractivity contribution is 5.63. The van der Waals surface area contributed by atoms with Crippen LogP contribution in [-0.4, -0.2) is 38.8 Å². The first-order chi connectivity index (χ1) is 11.8. The van der Waals surface area contributed by atoms with Gasteiger partial charge < -0.3 is 10.0 Å². The first-order valence-electron chi connectivity index (χ1n) is 8.30. The molecule has 5 heteroatoms. The Hall–Kier alpha value is -2.66. The number of hydrogen-bond acceptors (Lipinski definition) is 4. The van der Waals surface area contributed by atoms with Crippen molar-refractivity contribution in [2.24, 2.45) is 0 Å². The molecule has 1 N–H and O–H groups in total. The highest BCUT2D eigenvalue weighted by Gasteiger charge is 2.20. The van der Waals surface area contributed by atoms with Gasteiger partial charge in [0.1, 0.15) is 5.82 Å². The SMILES string of the molecule is OC1CCN(c2cc(-c3ccccc3)nc(-n3cccc3)n2)CC1. The van der Waals surface area contributed by atoms with Crippen molar-refractivity contribution in [1.29, 1.82) is 0 Å². The van der Waals surface area contributed by atoms with Gasteiger partial charge in [0, 0.05) is 37.1 Å². The van der Waals surface area contributed by atoms with E-state index in [1.807, 2.05) is 53.4 Å². The lowest BCUT2D eigenvalue weighted by atomic mass is 10.1. The predicted molar refractivity (Wildman–Crippen MR) is 94.2 cm³/mol. The second kappa shape index (κ2) is 6.45. The minimum atomic E-state index is -0.194. The van der Waals surface area contributed by atoms with Gasteiger partial charge in [0.2, 0.25) is 5.95 Å². The normalized spacial score (nSPS) is 15.6. The summed E-state index contributed by atoms with van der Waals surface area (Å²) >= 11 is 0. The Morgan fingerprint density at radius 3 is 2.33 bits per heavy atom. The Morgan fingerprint density at radius 2 is 1.62 bits per heavy atom. The molecule has 3 aromatic rings. The van der Waals surface area contributed by atoms with Crippen LogP contribution in [0.25, 0.3) is 17.2 Å². The quantitative estimate of drug-likeness (QED) is 0.806. The van der Waals surface area contributed by atoms with Crippen molar-refractivity contribution < 1.29 is 5.11 Å². The molecule has 0 bridgehead atoms. The minimum absolute atomic E-state index is 0.194. The van der Waals surface area contributed by atoms with Crippen molar-refractivity contribution in [1.82, 2.24) is 14.5 Å². The maximum absolute atomic E-state index is 9.75. The number of piperidine rings is 1. The number of nitrogens with zero attached hydrogens (tertiary/aromatic N) is 4. The molecular formula is C19H20N4O. The van der Waals surface area contributed by atoms with Crippen LogP contribution in [-0.2, 0) is 0 Å². The van der Waals surface area contributed by atoms with Gasteiger partial charge in [0.15, 0.2) is 0 Å². The molecule has 2 aromatic heterocycles. The second-order valence-corrected chi connectivity index (χ2v) is 6.09. The summed E-state index contributed by atoms with van der Waals surface area (Å²) in [5.41, 5.74) is 1.99. The van der Waals surface area contributed by atoms with Crippen LogP contribution in [0.3, 0.4) is 0 Å². The van der Waals surface area contributed by atoms with Gasteiger partial charge in [-0.1, -0.05) is 30.3 Å².